The van der Waals surface area contributed by atoms with Gasteiger partial charge in [-0.2, -0.15) is 0 Å². The Morgan fingerprint density at radius 3 is 2.19 bits per heavy atom. The van der Waals surface area contributed by atoms with Crippen LogP contribution in [0.1, 0.15) is 60.3 Å². The highest BCUT2D eigenvalue weighted by Crippen LogP contribution is 2.32. The van der Waals surface area contributed by atoms with E-state index in [4.69, 9.17) is 0 Å². The zero-order chi connectivity index (χ0) is 20.4. The maximum absolute atomic E-state index is 13.0. The molecule has 1 saturated carbocycles. The molecule has 152 valence electrons. The molecule has 2 N–H and O–H groups in total. The first-order valence-corrected chi connectivity index (χ1v) is 9.92. The largest absolute Gasteiger partial charge is 0.331 e. The predicted octanol–water partition coefficient (Wildman–Crippen LogP) is 1.89. The summed E-state index contributed by atoms with van der Waals surface area (Å²) in [4.78, 5) is 50.9. The normalized spacial score (nSPS) is 22.3. The third-order valence-corrected chi connectivity index (χ3v) is 5.37. The molecule has 1 aliphatic heterocycles. The Balaban J connectivity index is 2.08. The number of hydrogen-bond acceptors (Lipinski definition) is 4. The van der Waals surface area contributed by atoms with E-state index >= 15 is 0 Å². The minimum Gasteiger partial charge on any atom is -0.331 e. The molecule has 3 amide bonds. The molecule has 2 unspecified atom stereocenters. The number of likely N-dealkylation sites (tertiary alicyclic amines) is 1. The fourth-order valence-corrected chi connectivity index (χ4v) is 3.52. The molecule has 2 aliphatic rings. The van der Waals surface area contributed by atoms with Crippen LogP contribution < -0.4 is 10.6 Å². The highest BCUT2D eigenvalue weighted by Gasteiger charge is 2.41. The molecule has 7 heteroatoms. The van der Waals surface area contributed by atoms with E-state index in [1.165, 1.54) is 0 Å². The molecule has 1 saturated heterocycles. The van der Waals surface area contributed by atoms with Crippen molar-refractivity contribution in [3.8, 4) is 0 Å². The van der Waals surface area contributed by atoms with Crippen LogP contribution in [0, 0.1) is 17.3 Å². The first kappa shape index (κ1) is 21.4. The Labute approximate surface area is 161 Å². The van der Waals surface area contributed by atoms with Gasteiger partial charge in [-0.05, 0) is 37.0 Å². The first-order chi connectivity index (χ1) is 12.6. The van der Waals surface area contributed by atoms with E-state index in [1.807, 2.05) is 34.6 Å². The van der Waals surface area contributed by atoms with Crippen molar-refractivity contribution < 1.29 is 19.2 Å². The van der Waals surface area contributed by atoms with Gasteiger partial charge in [0.25, 0.3) is 0 Å². The fourth-order valence-electron chi connectivity index (χ4n) is 3.52. The molecular formula is C20H33N3O4. The summed E-state index contributed by atoms with van der Waals surface area (Å²) in [6.45, 7) is 9.94. The van der Waals surface area contributed by atoms with Crippen molar-refractivity contribution in [2.45, 2.75) is 78.4 Å². The Morgan fingerprint density at radius 1 is 1.07 bits per heavy atom. The van der Waals surface area contributed by atoms with Crippen molar-refractivity contribution in [3.63, 3.8) is 0 Å². The number of rotatable bonds is 7. The molecule has 0 bridgehead atoms. The number of Topliss-reactive ketones (excluding diaryl/α,β-unsaturated/α-hetero) is 1. The summed E-state index contributed by atoms with van der Waals surface area (Å²) in [7, 11) is 0. The Bertz CT molecular complexity index is 593. The molecule has 0 aromatic carbocycles. The average molecular weight is 380 g/mol. The van der Waals surface area contributed by atoms with Gasteiger partial charge in [0, 0.05) is 12.5 Å². The summed E-state index contributed by atoms with van der Waals surface area (Å²) in [6, 6.07) is -2.27. The van der Waals surface area contributed by atoms with Crippen molar-refractivity contribution >= 4 is 24.0 Å². The zero-order valence-corrected chi connectivity index (χ0v) is 17.1. The number of nitrogens with one attached hydrogen (secondary N) is 2. The lowest BCUT2D eigenvalue weighted by molar-refractivity contribution is -0.138. The van der Waals surface area contributed by atoms with E-state index in [9.17, 15) is 19.2 Å². The quantitative estimate of drug-likeness (QED) is 0.660. The van der Waals surface area contributed by atoms with Gasteiger partial charge in [-0.1, -0.05) is 34.6 Å². The monoisotopic (exact) mass is 379 g/mol. The van der Waals surface area contributed by atoms with Crippen molar-refractivity contribution in [1.29, 1.82) is 0 Å². The van der Waals surface area contributed by atoms with Gasteiger partial charge in [0.2, 0.25) is 5.91 Å². The molecular weight excluding hydrogens is 346 g/mol. The van der Waals surface area contributed by atoms with E-state index < -0.39 is 29.6 Å². The number of nitrogens with zero attached hydrogens (tertiary/aromatic N) is 1. The number of carbonyl (C=O) groups is 4. The molecule has 0 aromatic rings. The zero-order valence-electron chi connectivity index (χ0n) is 17.1. The second-order valence-electron chi connectivity index (χ2n) is 9.19. The van der Waals surface area contributed by atoms with Crippen LogP contribution >= 0.6 is 0 Å². The molecule has 27 heavy (non-hydrogen) atoms. The van der Waals surface area contributed by atoms with Gasteiger partial charge in [-0.3, -0.25) is 9.59 Å². The summed E-state index contributed by atoms with van der Waals surface area (Å²) in [5.74, 6) is -0.150. The third kappa shape index (κ3) is 5.30. The highest BCUT2D eigenvalue weighted by molar-refractivity contribution is 5.94. The summed E-state index contributed by atoms with van der Waals surface area (Å²) >= 11 is 0. The topological polar surface area (TPSA) is 95.6 Å². The van der Waals surface area contributed by atoms with Crippen LogP contribution in [0.4, 0.5) is 4.79 Å². The smallest absolute Gasteiger partial charge is 0.316 e. The van der Waals surface area contributed by atoms with E-state index in [-0.39, 0.29) is 23.5 Å². The van der Waals surface area contributed by atoms with E-state index in [0.717, 1.165) is 25.5 Å². The highest BCUT2D eigenvalue weighted by atomic mass is 16.2. The standard InChI is InChI=1S/C20H33N3O4/c1-12(2)15(16(25)13-8-9-13)21-19(27)22-17(20(3,4)5)18(26)23-10-6-7-14(23)11-24/h11-15,17H,6-10H2,1-5H3,(H2,21,22,27)/t14-,15?,17?/m0/s1. The molecule has 1 heterocycles. The van der Waals surface area contributed by atoms with Gasteiger partial charge in [0.15, 0.2) is 5.78 Å². The molecule has 1 aliphatic carbocycles. The van der Waals surface area contributed by atoms with Gasteiger partial charge >= 0.3 is 6.03 Å². The lowest BCUT2D eigenvalue weighted by Crippen LogP contribution is -2.59. The Morgan fingerprint density at radius 2 is 1.70 bits per heavy atom. The summed E-state index contributed by atoms with van der Waals surface area (Å²) in [5, 5.41) is 5.54. The van der Waals surface area contributed by atoms with Crippen LogP contribution in [0.15, 0.2) is 0 Å². The second kappa shape index (κ2) is 8.40. The molecule has 2 fully saturated rings. The number of amides is 3. The van der Waals surface area contributed by atoms with E-state index in [0.29, 0.717) is 13.0 Å². The first-order valence-electron chi connectivity index (χ1n) is 9.92. The van der Waals surface area contributed by atoms with Crippen molar-refractivity contribution in [2.75, 3.05) is 6.54 Å². The number of hydrogen-bond donors (Lipinski definition) is 2. The molecule has 0 aromatic heterocycles. The van der Waals surface area contributed by atoms with Gasteiger partial charge in [0.05, 0.1) is 12.1 Å². The van der Waals surface area contributed by atoms with Crippen LogP contribution in [-0.2, 0) is 14.4 Å². The van der Waals surface area contributed by atoms with Crippen LogP contribution in [-0.4, -0.2) is 53.6 Å². The van der Waals surface area contributed by atoms with Crippen LogP contribution in [0.5, 0.6) is 0 Å². The Kier molecular flexibility index (Phi) is 6.65. The van der Waals surface area contributed by atoms with Gasteiger partial charge < -0.3 is 20.3 Å². The lowest BCUT2D eigenvalue weighted by Gasteiger charge is -2.35. The third-order valence-electron chi connectivity index (χ3n) is 5.37. The van der Waals surface area contributed by atoms with Gasteiger partial charge in [-0.25, -0.2) is 4.79 Å². The van der Waals surface area contributed by atoms with Gasteiger partial charge in [-0.15, -0.1) is 0 Å². The molecule has 3 atom stereocenters. The Hall–Kier alpha value is -1.92. The SMILES string of the molecule is CC(C)C(NC(=O)NC(C(=O)N1CCC[C@H]1C=O)C(C)(C)C)C(=O)C1CC1. The van der Waals surface area contributed by atoms with E-state index in [1.54, 1.807) is 4.90 Å². The van der Waals surface area contributed by atoms with Crippen LogP contribution in [0.3, 0.4) is 0 Å². The number of ketones is 1. The van der Waals surface area contributed by atoms with Crippen molar-refractivity contribution in [3.05, 3.63) is 0 Å². The van der Waals surface area contributed by atoms with Crippen LogP contribution in [0.25, 0.3) is 0 Å². The lowest BCUT2D eigenvalue weighted by atomic mass is 9.85. The molecule has 2 rings (SSSR count). The number of aldehydes is 1. The summed E-state index contributed by atoms with van der Waals surface area (Å²) in [6.07, 6.45) is 4.01. The fraction of sp³-hybridized carbons (Fsp3) is 0.800. The molecule has 0 radical (unpaired) electrons. The minimum absolute atomic E-state index is 0.0225. The summed E-state index contributed by atoms with van der Waals surface area (Å²) in [5.41, 5.74) is -0.529. The average Bonchev–Trinajstić information content (AvgIpc) is 3.32. The van der Waals surface area contributed by atoms with Crippen molar-refractivity contribution in [2.24, 2.45) is 17.3 Å². The van der Waals surface area contributed by atoms with Crippen molar-refractivity contribution in [1.82, 2.24) is 15.5 Å². The predicted molar refractivity (Wildman–Crippen MR) is 102 cm³/mol. The second-order valence-corrected chi connectivity index (χ2v) is 9.19. The van der Waals surface area contributed by atoms with Crippen LogP contribution in [0.2, 0.25) is 0 Å². The minimum atomic E-state index is -0.776. The summed E-state index contributed by atoms with van der Waals surface area (Å²) < 4.78 is 0. The molecule has 7 nitrogen and oxygen atoms in total. The van der Waals surface area contributed by atoms with Gasteiger partial charge in [0.1, 0.15) is 12.3 Å². The number of urea groups is 1. The number of carbonyl (C=O) groups excluding carboxylic acids is 4. The maximum atomic E-state index is 13.0. The maximum Gasteiger partial charge on any atom is 0.316 e. The molecule has 0 spiro atoms. The van der Waals surface area contributed by atoms with E-state index in [2.05, 4.69) is 10.6 Å².